The zero-order chi connectivity index (χ0) is 26.4. The quantitative estimate of drug-likeness (QED) is 0.544. The van der Waals surface area contributed by atoms with E-state index in [0.29, 0.717) is 45.8 Å². The fraction of sp³-hybridized carbons (Fsp3) is 0.571. The zero-order valence-corrected chi connectivity index (χ0v) is 21.8. The van der Waals surface area contributed by atoms with Gasteiger partial charge in [-0.25, -0.2) is 4.79 Å². The van der Waals surface area contributed by atoms with E-state index in [9.17, 15) is 19.2 Å². The van der Waals surface area contributed by atoms with Crippen molar-refractivity contribution in [2.75, 3.05) is 39.9 Å². The Bertz CT molecular complexity index is 1030. The van der Waals surface area contributed by atoms with E-state index >= 15 is 0 Å². The molecule has 9 heteroatoms. The Labute approximate surface area is 218 Å². The molecule has 1 aromatic carbocycles. The number of carbonyl (C=O) groups excluding carboxylic acids is 4. The highest BCUT2D eigenvalue weighted by atomic mass is 16.6. The molecule has 0 bridgehead atoms. The molecule has 2 saturated heterocycles. The lowest BCUT2D eigenvalue weighted by Crippen LogP contribution is -2.54. The number of esters is 1. The number of methoxy groups -OCH3 is 1. The topological polar surface area (TPSA) is 96.5 Å². The first kappa shape index (κ1) is 26.7. The third-order valence-electron chi connectivity index (χ3n) is 7.73. The summed E-state index contributed by atoms with van der Waals surface area (Å²) in [4.78, 5) is 57.6. The summed E-state index contributed by atoms with van der Waals surface area (Å²) in [7, 11) is 1.39. The lowest BCUT2D eigenvalue weighted by molar-refractivity contribution is -0.160. The maximum atomic E-state index is 13.9. The van der Waals surface area contributed by atoms with Crippen LogP contribution in [0.3, 0.4) is 0 Å². The molecular formula is C28H37N3O6. The van der Waals surface area contributed by atoms with E-state index in [1.807, 2.05) is 36.4 Å². The Kier molecular flexibility index (Phi) is 8.51. The third-order valence-corrected chi connectivity index (χ3v) is 7.73. The van der Waals surface area contributed by atoms with E-state index in [4.69, 9.17) is 9.47 Å². The first-order chi connectivity index (χ1) is 17.9. The van der Waals surface area contributed by atoms with Crippen LogP contribution in [0.15, 0.2) is 42.1 Å². The summed E-state index contributed by atoms with van der Waals surface area (Å²) in [5.74, 6) is -1.24. The van der Waals surface area contributed by atoms with Gasteiger partial charge >= 0.3 is 12.1 Å². The van der Waals surface area contributed by atoms with E-state index in [1.165, 1.54) is 7.11 Å². The Morgan fingerprint density at radius 3 is 2.41 bits per heavy atom. The average molecular weight is 512 g/mol. The van der Waals surface area contributed by atoms with E-state index in [2.05, 4.69) is 0 Å². The molecule has 0 aromatic heterocycles. The summed E-state index contributed by atoms with van der Waals surface area (Å²) in [6.45, 7) is 3.96. The summed E-state index contributed by atoms with van der Waals surface area (Å²) >= 11 is 0. The second kappa shape index (κ2) is 11.8. The molecule has 3 amide bonds. The highest BCUT2D eigenvalue weighted by Gasteiger charge is 2.54. The molecule has 37 heavy (non-hydrogen) atoms. The van der Waals surface area contributed by atoms with Crippen LogP contribution < -0.4 is 0 Å². The summed E-state index contributed by atoms with van der Waals surface area (Å²) in [6, 6.07) is 9.70. The number of benzene rings is 1. The minimum atomic E-state index is -0.943. The number of piperazine rings is 1. The first-order valence-corrected chi connectivity index (χ1v) is 13.2. The van der Waals surface area contributed by atoms with E-state index in [-0.39, 0.29) is 36.7 Å². The molecule has 0 spiro atoms. The normalized spacial score (nSPS) is 24.1. The van der Waals surface area contributed by atoms with Crippen LogP contribution in [-0.4, -0.2) is 78.5 Å². The first-order valence-electron chi connectivity index (χ1n) is 13.2. The fourth-order valence-electron chi connectivity index (χ4n) is 5.82. The maximum Gasteiger partial charge on any atom is 0.409 e. The van der Waals surface area contributed by atoms with E-state index in [0.717, 1.165) is 30.5 Å². The number of hydrogen-bond donors (Lipinski definition) is 0. The van der Waals surface area contributed by atoms with Gasteiger partial charge in [0.2, 0.25) is 11.8 Å². The second-order valence-electron chi connectivity index (χ2n) is 9.99. The van der Waals surface area contributed by atoms with Crippen molar-refractivity contribution in [2.24, 2.45) is 11.3 Å². The lowest BCUT2D eigenvalue weighted by atomic mass is 9.69. The van der Waals surface area contributed by atoms with Crippen molar-refractivity contribution in [3.63, 3.8) is 0 Å². The van der Waals surface area contributed by atoms with Gasteiger partial charge in [-0.15, -0.1) is 0 Å². The summed E-state index contributed by atoms with van der Waals surface area (Å²) in [5.41, 5.74) is 0.737. The Morgan fingerprint density at radius 2 is 1.73 bits per heavy atom. The van der Waals surface area contributed by atoms with Crippen LogP contribution in [0.2, 0.25) is 0 Å². The van der Waals surface area contributed by atoms with Gasteiger partial charge in [-0.2, -0.15) is 0 Å². The number of amides is 3. The molecule has 2 atom stereocenters. The van der Waals surface area contributed by atoms with Gasteiger partial charge in [0, 0.05) is 44.2 Å². The summed E-state index contributed by atoms with van der Waals surface area (Å²) in [6.07, 6.45) is 5.11. The number of likely N-dealkylation sites (tertiary alicyclic amines) is 1. The number of allylic oxidation sites excluding steroid dienone is 1. The smallest absolute Gasteiger partial charge is 0.409 e. The van der Waals surface area contributed by atoms with Crippen LogP contribution in [0.1, 0.15) is 51.0 Å². The van der Waals surface area contributed by atoms with E-state index < -0.39 is 11.3 Å². The molecule has 1 aliphatic carbocycles. The minimum absolute atomic E-state index is 0.0234. The Balaban J connectivity index is 1.56. The SMILES string of the molecule is CCOC(=O)N1CCN(C(=O)C[C@@H]2C[C@@]3(C(=O)OC)CCCCC=C3N(Cc3ccccc3)C2=O)CC1. The minimum Gasteiger partial charge on any atom is -0.468 e. The number of ether oxygens (including phenoxy) is 2. The Morgan fingerprint density at radius 1 is 1.03 bits per heavy atom. The van der Waals surface area contributed by atoms with Gasteiger partial charge in [0.25, 0.3) is 0 Å². The van der Waals surface area contributed by atoms with Crippen LogP contribution in [0.4, 0.5) is 4.79 Å². The molecule has 0 saturated carbocycles. The number of hydrogen-bond acceptors (Lipinski definition) is 6. The van der Waals surface area contributed by atoms with Gasteiger partial charge < -0.3 is 24.2 Å². The Hall–Kier alpha value is -3.36. The monoisotopic (exact) mass is 511 g/mol. The molecular weight excluding hydrogens is 474 g/mol. The van der Waals surface area contributed by atoms with Gasteiger partial charge in [-0.3, -0.25) is 14.4 Å². The molecule has 2 heterocycles. The highest BCUT2D eigenvalue weighted by molar-refractivity contribution is 5.92. The summed E-state index contributed by atoms with van der Waals surface area (Å²) < 4.78 is 10.4. The standard InChI is InChI=1S/C28H37N3O6/c1-3-37-27(35)30-16-14-29(15-17-30)24(32)18-22-19-28(26(34)36-2)13-9-5-8-12-23(28)31(25(22)33)20-21-10-6-4-7-11-21/h4,6-7,10-12,22H,3,5,8-9,13-20H2,1-2H3/t22-,28+/m1/s1. The molecule has 2 fully saturated rings. The lowest BCUT2D eigenvalue weighted by Gasteiger charge is -2.46. The average Bonchev–Trinajstić information content (AvgIpc) is 3.14. The largest absolute Gasteiger partial charge is 0.468 e. The number of carbonyl (C=O) groups is 4. The molecule has 9 nitrogen and oxygen atoms in total. The molecule has 0 N–H and O–H groups in total. The van der Waals surface area contributed by atoms with Crippen LogP contribution in [0.5, 0.6) is 0 Å². The van der Waals surface area contributed by atoms with Crippen molar-refractivity contribution < 1.29 is 28.7 Å². The van der Waals surface area contributed by atoms with Crippen LogP contribution in [0.25, 0.3) is 0 Å². The van der Waals surface area contributed by atoms with Crippen molar-refractivity contribution in [1.29, 1.82) is 0 Å². The van der Waals surface area contributed by atoms with Crippen LogP contribution in [-0.2, 0) is 30.4 Å². The predicted octanol–water partition coefficient (Wildman–Crippen LogP) is 3.34. The number of rotatable bonds is 6. The highest BCUT2D eigenvalue weighted by Crippen LogP contribution is 2.49. The second-order valence-corrected chi connectivity index (χ2v) is 9.99. The fourth-order valence-corrected chi connectivity index (χ4v) is 5.82. The van der Waals surface area contributed by atoms with E-state index in [1.54, 1.807) is 21.6 Å². The maximum absolute atomic E-state index is 13.9. The van der Waals surface area contributed by atoms with Crippen molar-refractivity contribution in [2.45, 2.75) is 52.0 Å². The third kappa shape index (κ3) is 5.65. The molecule has 1 aromatic rings. The van der Waals surface area contributed by atoms with Crippen molar-refractivity contribution in [3.8, 4) is 0 Å². The molecule has 0 unspecified atom stereocenters. The van der Waals surface area contributed by atoms with Crippen molar-refractivity contribution >= 4 is 23.9 Å². The van der Waals surface area contributed by atoms with Gasteiger partial charge in [0.15, 0.2) is 0 Å². The molecule has 3 aliphatic rings. The molecule has 200 valence electrons. The van der Waals surface area contributed by atoms with Crippen LogP contribution >= 0.6 is 0 Å². The van der Waals surface area contributed by atoms with Crippen LogP contribution in [0, 0.1) is 11.3 Å². The molecule has 4 rings (SSSR count). The van der Waals surface area contributed by atoms with Gasteiger partial charge in [-0.1, -0.05) is 42.8 Å². The number of fused-ring (bicyclic) bond motifs is 1. The molecule has 0 radical (unpaired) electrons. The zero-order valence-electron chi connectivity index (χ0n) is 21.8. The van der Waals surface area contributed by atoms with Gasteiger partial charge in [0.1, 0.15) is 5.41 Å². The summed E-state index contributed by atoms with van der Waals surface area (Å²) in [5, 5.41) is 0. The predicted molar refractivity (Wildman–Crippen MR) is 136 cm³/mol. The van der Waals surface area contributed by atoms with Crippen molar-refractivity contribution in [1.82, 2.24) is 14.7 Å². The van der Waals surface area contributed by atoms with Gasteiger partial charge in [0.05, 0.1) is 20.3 Å². The molecule has 2 aliphatic heterocycles. The number of piperidine rings is 1. The van der Waals surface area contributed by atoms with Crippen molar-refractivity contribution in [3.05, 3.63) is 47.7 Å². The number of nitrogens with zero attached hydrogens (tertiary/aromatic N) is 3. The van der Waals surface area contributed by atoms with Gasteiger partial charge in [-0.05, 0) is 38.2 Å².